The second kappa shape index (κ2) is 12.7. The van der Waals surface area contributed by atoms with Gasteiger partial charge in [0.05, 0.1) is 23.8 Å². The molecule has 3 rings (SSSR count). The standard InChI is InChI=1S/C26H33N7O5/c1-16(2)12-17-13-27-14-20-23(17)31-21(28-20)15-33-11-7-9-19(25(33)36)29-24(35)18(30-26(37)38)8-5-6-10-22(34)32(3)4/h6-7,9-11,13-14,16,18,30H,5,8,12,15H2,1-4H3,(H,28,31)(H,29,35)(H,37,38)/b10-6+/t18-/m0/s1. The topological polar surface area (TPSA) is 162 Å². The Morgan fingerprint density at radius 3 is 2.68 bits per heavy atom. The molecule has 3 aromatic heterocycles. The number of allylic oxidation sites excluding steroid dienone is 1. The Bertz CT molecular complexity index is 1390. The zero-order chi connectivity index (χ0) is 27.8. The van der Waals surface area contributed by atoms with Crippen molar-refractivity contribution in [1.29, 1.82) is 0 Å². The van der Waals surface area contributed by atoms with Crippen LogP contribution in [0.3, 0.4) is 0 Å². The molecule has 0 spiro atoms. The van der Waals surface area contributed by atoms with E-state index in [2.05, 4.69) is 39.4 Å². The number of hydrogen-bond acceptors (Lipinski definition) is 6. The van der Waals surface area contributed by atoms with Crippen LogP contribution in [0.5, 0.6) is 0 Å². The third-order valence-electron chi connectivity index (χ3n) is 5.68. The Labute approximate surface area is 219 Å². The van der Waals surface area contributed by atoms with Gasteiger partial charge in [-0.15, -0.1) is 0 Å². The fourth-order valence-corrected chi connectivity index (χ4v) is 3.85. The number of nitrogens with one attached hydrogen (secondary N) is 3. The van der Waals surface area contributed by atoms with E-state index in [-0.39, 0.29) is 31.0 Å². The third kappa shape index (κ3) is 7.51. The van der Waals surface area contributed by atoms with Gasteiger partial charge in [-0.25, -0.2) is 9.78 Å². The second-order valence-electron chi connectivity index (χ2n) is 9.53. The van der Waals surface area contributed by atoms with E-state index in [4.69, 9.17) is 5.11 Å². The number of aromatic nitrogens is 4. The highest BCUT2D eigenvalue weighted by Gasteiger charge is 2.21. The number of nitrogens with zero attached hydrogens (tertiary/aromatic N) is 4. The number of H-pyrrole nitrogens is 1. The molecule has 3 aromatic rings. The summed E-state index contributed by atoms with van der Waals surface area (Å²) in [6.45, 7) is 4.37. The summed E-state index contributed by atoms with van der Waals surface area (Å²) in [5.41, 5.74) is 2.15. The number of fused-ring (bicyclic) bond motifs is 1. The lowest BCUT2D eigenvalue weighted by Gasteiger charge is -2.16. The lowest BCUT2D eigenvalue weighted by atomic mass is 10.0. The van der Waals surface area contributed by atoms with Gasteiger partial charge in [0.15, 0.2) is 0 Å². The average Bonchev–Trinajstić information content (AvgIpc) is 3.26. The fourth-order valence-electron chi connectivity index (χ4n) is 3.85. The first kappa shape index (κ1) is 28.1. The third-order valence-corrected chi connectivity index (χ3v) is 5.68. The predicted molar refractivity (Wildman–Crippen MR) is 143 cm³/mol. The molecular weight excluding hydrogens is 490 g/mol. The number of carbonyl (C=O) groups is 3. The molecule has 0 saturated carbocycles. The second-order valence-corrected chi connectivity index (χ2v) is 9.53. The molecule has 0 bridgehead atoms. The van der Waals surface area contributed by atoms with Crippen molar-refractivity contribution in [2.24, 2.45) is 5.92 Å². The SMILES string of the molecule is CC(C)Cc1cncc2[nH]c(Cn3cccc(NC(=O)[C@H](CC/C=C/C(=O)N(C)C)NC(=O)O)c3=O)nc12. The Morgan fingerprint density at radius 2 is 2.00 bits per heavy atom. The minimum atomic E-state index is -1.37. The van der Waals surface area contributed by atoms with Crippen molar-refractivity contribution in [1.82, 2.24) is 29.7 Å². The van der Waals surface area contributed by atoms with Gasteiger partial charge in [-0.3, -0.25) is 19.4 Å². The molecule has 3 heterocycles. The quantitative estimate of drug-likeness (QED) is 0.280. The van der Waals surface area contributed by atoms with Crippen molar-refractivity contribution < 1.29 is 19.5 Å². The summed E-state index contributed by atoms with van der Waals surface area (Å²) in [6, 6.07) is 1.94. The summed E-state index contributed by atoms with van der Waals surface area (Å²) in [5.74, 6) is 0.0937. The minimum absolute atomic E-state index is 0.00583. The van der Waals surface area contributed by atoms with Crippen LogP contribution in [0.25, 0.3) is 11.0 Å². The summed E-state index contributed by atoms with van der Waals surface area (Å²) in [4.78, 5) is 62.3. The molecule has 0 saturated heterocycles. The first-order valence-corrected chi connectivity index (χ1v) is 12.2. The summed E-state index contributed by atoms with van der Waals surface area (Å²) in [6.07, 6.45) is 7.81. The van der Waals surface area contributed by atoms with Crippen LogP contribution in [0.4, 0.5) is 10.5 Å². The number of amides is 3. The number of carboxylic acid groups (broad SMARTS) is 1. The van der Waals surface area contributed by atoms with Crippen LogP contribution < -0.4 is 16.2 Å². The molecule has 0 aliphatic carbocycles. The van der Waals surface area contributed by atoms with Crippen LogP contribution in [0.2, 0.25) is 0 Å². The van der Waals surface area contributed by atoms with Crippen molar-refractivity contribution in [3.63, 3.8) is 0 Å². The maximum absolute atomic E-state index is 13.1. The van der Waals surface area contributed by atoms with Gasteiger partial charge in [0, 0.05) is 26.5 Å². The smallest absolute Gasteiger partial charge is 0.405 e. The van der Waals surface area contributed by atoms with Crippen molar-refractivity contribution in [3.05, 3.63) is 64.6 Å². The summed E-state index contributed by atoms with van der Waals surface area (Å²) >= 11 is 0. The average molecular weight is 524 g/mol. The largest absolute Gasteiger partial charge is 0.465 e. The van der Waals surface area contributed by atoms with E-state index in [9.17, 15) is 19.2 Å². The van der Waals surface area contributed by atoms with Gasteiger partial charge in [0.2, 0.25) is 11.8 Å². The summed E-state index contributed by atoms with van der Waals surface area (Å²) < 4.78 is 1.40. The molecule has 12 nitrogen and oxygen atoms in total. The molecule has 0 unspecified atom stereocenters. The van der Waals surface area contributed by atoms with Crippen LogP contribution in [0.15, 0.2) is 47.7 Å². The van der Waals surface area contributed by atoms with Crippen LogP contribution in [-0.2, 0) is 22.6 Å². The minimum Gasteiger partial charge on any atom is -0.465 e. The van der Waals surface area contributed by atoms with Crippen LogP contribution in [0, 0.1) is 5.92 Å². The number of hydrogen-bond donors (Lipinski definition) is 4. The summed E-state index contributed by atoms with van der Waals surface area (Å²) in [5, 5.41) is 13.8. The molecule has 12 heteroatoms. The van der Waals surface area contributed by atoms with Gasteiger partial charge >= 0.3 is 6.09 Å². The lowest BCUT2D eigenvalue weighted by Crippen LogP contribution is -2.44. The highest BCUT2D eigenvalue weighted by atomic mass is 16.4. The maximum Gasteiger partial charge on any atom is 0.405 e. The first-order chi connectivity index (χ1) is 18.0. The van der Waals surface area contributed by atoms with E-state index in [1.165, 1.54) is 21.6 Å². The zero-order valence-electron chi connectivity index (χ0n) is 21.9. The van der Waals surface area contributed by atoms with E-state index >= 15 is 0 Å². The highest BCUT2D eigenvalue weighted by molar-refractivity contribution is 5.96. The number of aromatic amines is 1. The molecule has 0 radical (unpaired) electrons. The van der Waals surface area contributed by atoms with Gasteiger partial charge in [0.25, 0.3) is 5.56 Å². The number of likely N-dealkylation sites (N-methyl/N-ethyl adjacent to an activating group) is 1. The number of rotatable bonds is 11. The van der Waals surface area contributed by atoms with Crippen molar-refractivity contribution in [2.75, 3.05) is 19.4 Å². The fraction of sp³-hybridized carbons (Fsp3) is 0.385. The van der Waals surface area contributed by atoms with Gasteiger partial charge < -0.3 is 30.2 Å². The number of imidazole rings is 1. The molecule has 4 N–H and O–H groups in total. The van der Waals surface area contributed by atoms with Gasteiger partial charge in [0.1, 0.15) is 17.6 Å². The molecule has 0 fully saturated rings. The van der Waals surface area contributed by atoms with E-state index in [1.807, 2.05) is 0 Å². The van der Waals surface area contributed by atoms with Crippen molar-refractivity contribution in [3.8, 4) is 0 Å². The number of pyridine rings is 2. The monoisotopic (exact) mass is 523 g/mol. The summed E-state index contributed by atoms with van der Waals surface area (Å²) in [7, 11) is 3.22. The van der Waals surface area contributed by atoms with E-state index in [1.54, 1.807) is 44.8 Å². The van der Waals surface area contributed by atoms with Crippen molar-refractivity contribution in [2.45, 2.75) is 45.7 Å². The molecule has 0 aliphatic heterocycles. The molecule has 1 atom stereocenters. The van der Waals surface area contributed by atoms with E-state index in [0.29, 0.717) is 11.7 Å². The Balaban J connectivity index is 1.74. The zero-order valence-corrected chi connectivity index (χ0v) is 21.9. The van der Waals surface area contributed by atoms with Crippen LogP contribution >= 0.6 is 0 Å². The Hall–Kier alpha value is -4.48. The molecule has 0 aliphatic rings. The lowest BCUT2D eigenvalue weighted by molar-refractivity contribution is -0.123. The van der Waals surface area contributed by atoms with Crippen LogP contribution in [0.1, 0.15) is 38.1 Å². The number of anilines is 1. The highest BCUT2D eigenvalue weighted by Crippen LogP contribution is 2.18. The number of carbonyl (C=O) groups excluding carboxylic acids is 2. The van der Waals surface area contributed by atoms with Crippen molar-refractivity contribution >= 4 is 34.6 Å². The molecular formula is C26H33N7O5. The Morgan fingerprint density at radius 1 is 1.24 bits per heavy atom. The van der Waals surface area contributed by atoms with Crippen LogP contribution in [-0.4, -0.2) is 67.6 Å². The van der Waals surface area contributed by atoms with Gasteiger partial charge in [-0.2, -0.15) is 0 Å². The predicted octanol–water partition coefficient (Wildman–Crippen LogP) is 2.37. The Kier molecular flexibility index (Phi) is 9.36. The van der Waals surface area contributed by atoms with E-state index in [0.717, 1.165) is 23.0 Å². The van der Waals surface area contributed by atoms with E-state index < -0.39 is 23.6 Å². The van der Waals surface area contributed by atoms with Gasteiger partial charge in [-0.05, 0) is 49.0 Å². The molecule has 38 heavy (non-hydrogen) atoms. The maximum atomic E-state index is 13.1. The molecule has 202 valence electrons. The first-order valence-electron chi connectivity index (χ1n) is 12.2. The molecule has 3 amide bonds. The molecule has 0 aromatic carbocycles. The van der Waals surface area contributed by atoms with Gasteiger partial charge in [-0.1, -0.05) is 19.9 Å². The normalized spacial score (nSPS) is 12.1.